The number of nitrogens with one attached hydrogen (secondary N) is 1. The highest BCUT2D eigenvalue weighted by atomic mass is 35.5. The Morgan fingerprint density at radius 1 is 1.06 bits per heavy atom. The van der Waals surface area contributed by atoms with Crippen molar-refractivity contribution in [2.24, 2.45) is 0 Å². The Hall–Kier alpha value is -2.86. The van der Waals surface area contributed by atoms with Crippen molar-refractivity contribution in [2.45, 2.75) is 19.8 Å². The number of nitrogens with zero attached hydrogens (tertiary/aromatic N) is 1. The van der Waals surface area contributed by atoms with Crippen molar-refractivity contribution in [1.82, 2.24) is 4.98 Å². The molecule has 33 heavy (non-hydrogen) atoms. The van der Waals surface area contributed by atoms with Gasteiger partial charge in [-0.3, -0.25) is 4.79 Å². The van der Waals surface area contributed by atoms with E-state index in [-0.39, 0.29) is 5.91 Å². The minimum Gasteiger partial charge on any atom is -0.492 e. The zero-order valence-electron chi connectivity index (χ0n) is 18.0. The molecule has 4 nitrogen and oxygen atoms in total. The van der Waals surface area contributed by atoms with Crippen molar-refractivity contribution in [3.63, 3.8) is 0 Å². The van der Waals surface area contributed by atoms with Gasteiger partial charge in [-0.1, -0.05) is 59.6 Å². The summed E-state index contributed by atoms with van der Waals surface area (Å²) in [5.74, 6) is 0.494. The molecule has 4 rings (SSSR count). The van der Waals surface area contributed by atoms with Gasteiger partial charge in [-0.15, -0.1) is 11.3 Å². The Morgan fingerprint density at radius 2 is 1.85 bits per heavy atom. The Bertz CT molecular complexity index is 1260. The molecule has 0 bridgehead atoms. The van der Waals surface area contributed by atoms with Crippen LogP contribution in [-0.2, 0) is 4.79 Å². The van der Waals surface area contributed by atoms with E-state index >= 15 is 0 Å². The summed E-state index contributed by atoms with van der Waals surface area (Å²) in [5.41, 5.74) is 5.05. The predicted molar refractivity (Wildman–Crippen MR) is 138 cm³/mol. The van der Waals surface area contributed by atoms with Crippen molar-refractivity contribution in [1.29, 1.82) is 0 Å². The van der Waals surface area contributed by atoms with E-state index in [1.165, 1.54) is 5.56 Å². The Kier molecular flexibility index (Phi) is 7.65. The van der Waals surface area contributed by atoms with Crippen molar-refractivity contribution in [2.75, 3.05) is 11.9 Å². The second-order valence-electron chi connectivity index (χ2n) is 7.51. The van der Waals surface area contributed by atoms with E-state index in [4.69, 9.17) is 32.9 Å². The van der Waals surface area contributed by atoms with Crippen molar-refractivity contribution in [3.8, 4) is 27.6 Å². The second kappa shape index (κ2) is 10.8. The summed E-state index contributed by atoms with van der Waals surface area (Å²) in [7, 11) is 0. The van der Waals surface area contributed by atoms with Crippen LogP contribution in [0.4, 0.5) is 5.69 Å². The maximum atomic E-state index is 12.3. The van der Waals surface area contributed by atoms with Crippen molar-refractivity contribution in [3.05, 3.63) is 87.7 Å². The van der Waals surface area contributed by atoms with E-state index < -0.39 is 0 Å². The molecule has 1 amide bonds. The number of rotatable bonds is 8. The maximum Gasteiger partial charge on any atom is 0.224 e. The summed E-state index contributed by atoms with van der Waals surface area (Å²) < 4.78 is 5.62. The summed E-state index contributed by atoms with van der Waals surface area (Å²) in [6, 6.07) is 21.0. The molecule has 1 heterocycles. The predicted octanol–water partition coefficient (Wildman–Crippen LogP) is 7.89. The summed E-state index contributed by atoms with van der Waals surface area (Å²) >= 11 is 13.6. The number of amides is 1. The number of thiazole rings is 1. The molecule has 0 fully saturated rings. The van der Waals surface area contributed by atoms with Crippen molar-refractivity contribution < 1.29 is 9.53 Å². The minimum atomic E-state index is -0.0657. The van der Waals surface area contributed by atoms with Crippen LogP contribution in [0.1, 0.15) is 18.4 Å². The zero-order chi connectivity index (χ0) is 23.2. The maximum absolute atomic E-state index is 12.3. The summed E-state index contributed by atoms with van der Waals surface area (Å²) in [6.45, 7) is 2.48. The lowest BCUT2D eigenvalue weighted by Gasteiger charge is -2.09. The van der Waals surface area contributed by atoms with Crippen LogP contribution < -0.4 is 10.1 Å². The lowest BCUT2D eigenvalue weighted by molar-refractivity contribution is -0.116. The van der Waals surface area contributed by atoms with Crippen LogP contribution in [0.5, 0.6) is 5.75 Å². The molecule has 1 N–H and O–H groups in total. The molecular weight excluding hydrogens is 475 g/mol. The van der Waals surface area contributed by atoms with Crippen LogP contribution in [-0.4, -0.2) is 17.5 Å². The second-order valence-corrected chi connectivity index (χ2v) is 9.21. The SMILES string of the molecule is Cc1ccccc1-c1nc(-c2ccc(NC(=O)CCCOc3ccc(Cl)cc3Cl)cc2)cs1. The quantitative estimate of drug-likeness (QED) is 0.252. The molecule has 0 aliphatic heterocycles. The molecule has 0 aliphatic rings. The first-order valence-corrected chi connectivity index (χ1v) is 12.1. The molecule has 1 aromatic heterocycles. The van der Waals surface area contributed by atoms with Gasteiger partial charge in [-0.25, -0.2) is 4.98 Å². The van der Waals surface area contributed by atoms with Gasteiger partial charge in [0.15, 0.2) is 0 Å². The number of aromatic nitrogens is 1. The number of anilines is 1. The highest BCUT2D eigenvalue weighted by molar-refractivity contribution is 7.13. The van der Waals surface area contributed by atoms with Crippen LogP contribution >= 0.6 is 34.5 Å². The van der Waals surface area contributed by atoms with Gasteiger partial charge in [-0.2, -0.15) is 0 Å². The first-order chi connectivity index (χ1) is 16.0. The molecule has 3 aromatic carbocycles. The molecule has 7 heteroatoms. The third-order valence-electron chi connectivity index (χ3n) is 5.04. The molecule has 0 saturated heterocycles. The van der Waals surface area contributed by atoms with Gasteiger partial charge in [-0.05, 0) is 49.2 Å². The number of carbonyl (C=O) groups excluding carboxylic acids is 1. The number of hydrogen-bond donors (Lipinski definition) is 1. The fraction of sp³-hybridized carbons (Fsp3) is 0.154. The zero-order valence-corrected chi connectivity index (χ0v) is 20.3. The van der Waals surface area contributed by atoms with Crippen molar-refractivity contribution >= 4 is 46.1 Å². The average molecular weight is 497 g/mol. The van der Waals surface area contributed by atoms with E-state index in [9.17, 15) is 4.79 Å². The smallest absolute Gasteiger partial charge is 0.224 e. The molecule has 168 valence electrons. The summed E-state index contributed by atoms with van der Waals surface area (Å²) in [4.78, 5) is 17.1. The molecule has 0 atom stereocenters. The summed E-state index contributed by atoms with van der Waals surface area (Å²) in [6.07, 6.45) is 0.919. The monoisotopic (exact) mass is 496 g/mol. The molecule has 4 aromatic rings. The molecule has 0 saturated carbocycles. The van der Waals surface area contributed by atoms with E-state index in [0.717, 1.165) is 27.5 Å². The highest BCUT2D eigenvalue weighted by Gasteiger charge is 2.09. The topological polar surface area (TPSA) is 51.2 Å². The van der Waals surface area contributed by atoms with Gasteiger partial charge in [0, 0.05) is 33.6 Å². The molecule has 0 radical (unpaired) electrons. The summed E-state index contributed by atoms with van der Waals surface area (Å²) in [5, 5.41) is 6.99. The van der Waals surface area contributed by atoms with E-state index in [2.05, 4.69) is 29.8 Å². The van der Waals surface area contributed by atoms with Gasteiger partial charge in [0.05, 0.1) is 17.3 Å². The number of halogens is 2. The van der Waals surface area contributed by atoms with Crippen LogP contribution in [0.15, 0.2) is 72.1 Å². The van der Waals surface area contributed by atoms with E-state index in [1.54, 1.807) is 29.5 Å². The number of benzene rings is 3. The van der Waals surface area contributed by atoms with Gasteiger partial charge in [0.2, 0.25) is 5.91 Å². The average Bonchev–Trinajstić information content (AvgIpc) is 3.29. The van der Waals surface area contributed by atoms with Gasteiger partial charge in [0.25, 0.3) is 0 Å². The standard InChI is InChI=1S/C26H22Cl2N2O2S/c1-17-5-2-3-6-21(17)26-30-23(16-33-26)18-8-11-20(12-9-18)29-25(31)7-4-14-32-24-13-10-19(27)15-22(24)28/h2-3,5-6,8-13,15-16H,4,7,14H2,1H3,(H,29,31). The Labute approximate surface area is 207 Å². The van der Waals surface area contributed by atoms with Gasteiger partial charge >= 0.3 is 0 Å². The number of carbonyl (C=O) groups is 1. The van der Waals surface area contributed by atoms with E-state index in [1.807, 2.05) is 36.4 Å². The molecule has 0 unspecified atom stereocenters. The molecular formula is C26H22Cl2N2O2S. The lowest BCUT2D eigenvalue weighted by atomic mass is 10.1. The fourth-order valence-electron chi connectivity index (χ4n) is 3.30. The molecule has 0 spiro atoms. The van der Waals surface area contributed by atoms with Crippen LogP contribution in [0.3, 0.4) is 0 Å². The third-order valence-corrected chi connectivity index (χ3v) is 6.45. The Balaban J connectivity index is 1.28. The first kappa shape index (κ1) is 23.3. The first-order valence-electron chi connectivity index (χ1n) is 10.5. The number of aryl methyl sites for hydroxylation is 1. The van der Waals surface area contributed by atoms with Gasteiger partial charge in [0.1, 0.15) is 10.8 Å². The Morgan fingerprint density at radius 3 is 2.61 bits per heavy atom. The van der Waals surface area contributed by atoms with Crippen LogP contribution in [0, 0.1) is 6.92 Å². The minimum absolute atomic E-state index is 0.0657. The number of ether oxygens (including phenoxy) is 1. The number of hydrogen-bond acceptors (Lipinski definition) is 4. The van der Waals surface area contributed by atoms with Crippen LogP contribution in [0.2, 0.25) is 10.0 Å². The highest BCUT2D eigenvalue weighted by Crippen LogP contribution is 2.31. The molecule has 0 aliphatic carbocycles. The van der Waals surface area contributed by atoms with Gasteiger partial charge < -0.3 is 10.1 Å². The normalized spacial score (nSPS) is 10.8. The fourth-order valence-corrected chi connectivity index (χ4v) is 4.68. The lowest BCUT2D eigenvalue weighted by Crippen LogP contribution is -2.12. The largest absolute Gasteiger partial charge is 0.492 e. The third kappa shape index (κ3) is 6.14. The van der Waals surface area contributed by atoms with E-state index in [0.29, 0.717) is 35.2 Å². The van der Waals surface area contributed by atoms with Crippen LogP contribution in [0.25, 0.3) is 21.8 Å².